The molecule has 0 spiro atoms. The molecule has 2 N–H and O–H groups in total. The van der Waals surface area contributed by atoms with Crippen LogP contribution < -0.4 is 5.32 Å². The number of fused-ring (bicyclic) bond motifs is 1. The van der Waals surface area contributed by atoms with Gasteiger partial charge in [-0.3, -0.25) is 4.79 Å². The summed E-state index contributed by atoms with van der Waals surface area (Å²) in [5.41, 5.74) is 2.39. The highest BCUT2D eigenvalue weighted by molar-refractivity contribution is 6.35. The van der Waals surface area contributed by atoms with E-state index in [4.69, 9.17) is 34.8 Å². The SMILES string of the molecule is O=C(Cc1c[nH]c2ccc(Cl)cc12)Nc1cc(Cl)cc(Cl)c1. The van der Waals surface area contributed by atoms with Crippen molar-refractivity contribution in [2.45, 2.75) is 6.42 Å². The molecule has 0 aliphatic rings. The van der Waals surface area contributed by atoms with Crippen LogP contribution in [-0.2, 0) is 11.2 Å². The Morgan fingerprint density at radius 2 is 1.73 bits per heavy atom. The summed E-state index contributed by atoms with van der Waals surface area (Å²) in [4.78, 5) is 15.3. The van der Waals surface area contributed by atoms with Gasteiger partial charge in [-0.1, -0.05) is 34.8 Å². The number of H-pyrrole nitrogens is 1. The van der Waals surface area contributed by atoms with Crippen LogP contribution in [0.15, 0.2) is 42.6 Å². The Morgan fingerprint density at radius 1 is 1.00 bits per heavy atom. The molecule has 22 heavy (non-hydrogen) atoms. The third kappa shape index (κ3) is 3.38. The van der Waals surface area contributed by atoms with Crippen molar-refractivity contribution >= 4 is 57.3 Å². The zero-order valence-corrected chi connectivity index (χ0v) is 13.6. The monoisotopic (exact) mass is 352 g/mol. The van der Waals surface area contributed by atoms with E-state index in [1.54, 1.807) is 24.3 Å². The van der Waals surface area contributed by atoms with Crippen molar-refractivity contribution in [2.24, 2.45) is 0 Å². The predicted octanol–water partition coefficient (Wildman–Crippen LogP) is 5.31. The van der Waals surface area contributed by atoms with Gasteiger partial charge in [0.25, 0.3) is 0 Å². The molecule has 0 aliphatic carbocycles. The molecule has 1 amide bonds. The zero-order chi connectivity index (χ0) is 15.7. The summed E-state index contributed by atoms with van der Waals surface area (Å²) in [5.74, 6) is -0.154. The second kappa shape index (κ2) is 6.21. The largest absolute Gasteiger partial charge is 0.361 e. The van der Waals surface area contributed by atoms with Gasteiger partial charge < -0.3 is 10.3 Å². The number of nitrogens with one attached hydrogen (secondary N) is 2. The Kier molecular flexibility index (Phi) is 4.30. The van der Waals surface area contributed by atoms with Gasteiger partial charge in [0.05, 0.1) is 6.42 Å². The first-order valence-electron chi connectivity index (χ1n) is 6.53. The van der Waals surface area contributed by atoms with E-state index in [1.165, 1.54) is 0 Å². The lowest BCUT2D eigenvalue weighted by Crippen LogP contribution is -2.14. The minimum absolute atomic E-state index is 0.154. The Hall–Kier alpha value is -1.68. The summed E-state index contributed by atoms with van der Waals surface area (Å²) in [5, 5.41) is 5.31. The van der Waals surface area contributed by atoms with Crippen LogP contribution in [0.2, 0.25) is 15.1 Å². The third-order valence-electron chi connectivity index (χ3n) is 3.23. The van der Waals surface area contributed by atoms with E-state index in [2.05, 4.69) is 10.3 Å². The van der Waals surface area contributed by atoms with Crippen LogP contribution in [0.5, 0.6) is 0 Å². The zero-order valence-electron chi connectivity index (χ0n) is 11.3. The molecule has 1 heterocycles. The van der Waals surface area contributed by atoms with E-state index in [-0.39, 0.29) is 12.3 Å². The van der Waals surface area contributed by atoms with Gasteiger partial charge in [0, 0.05) is 37.9 Å². The normalized spacial score (nSPS) is 10.9. The number of halogens is 3. The summed E-state index contributed by atoms with van der Waals surface area (Å²) in [6.07, 6.45) is 2.04. The molecule has 112 valence electrons. The van der Waals surface area contributed by atoms with E-state index in [9.17, 15) is 4.79 Å². The molecule has 0 saturated carbocycles. The summed E-state index contributed by atoms with van der Waals surface area (Å²) in [7, 11) is 0. The molecule has 0 unspecified atom stereocenters. The Labute approximate surface area is 142 Å². The minimum Gasteiger partial charge on any atom is -0.361 e. The highest BCUT2D eigenvalue weighted by atomic mass is 35.5. The van der Waals surface area contributed by atoms with Gasteiger partial charge in [0.15, 0.2) is 0 Å². The number of aromatic amines is 1. The molecule has 0 saturated heterocycles. The molecular weight excluding hydrogens is 343 g/mol. The lowest BCUT2D eigenvalue weighted by molar-refractivity contribution is -0.115. The molecule has 0 bridgehead atoms. The second-order valence-corrected chi connectivity index (χ2v) is 6.20. The van der Waals surface area contributed by atoms with Gasteiger partial charge in [0.2, 0.25) is 5.91 Å². The van der Waals surface area contributed by atoms with Crippen molar-refractivity contribution < 1.29 is 4.79 Å². The average Bonchev–Trinajstić information content (AvgIpc) is 2.80. The summed E-state index contributed by atoms with van der Waals surface area (Å²) >= 11 is 17.8. The van der Waals surface area contributed by atoms with Gasteiger partial charge in [-0.05, 0) is 42.0 Å². The highest BCUT2D eigenvalue weighted by Crippen LogP contribution is 2.24. The lowest BCUT2D eigenvalue weighted by atomic mass is 10.1. The van der Waals surface area contributed by atoms with Crippen molar-refractivity contribution in [1.29, 1.82) is 0 Å². The van der Waals surface area contributed by atoms with Gasteiger partial charge in [-0.15, -0.1) is 0 Å². The molecule has 0 atom stereocenters. The van der Waals surface area contributed by atoms with Gasteiger partial charge >= 0.3 is 0 Å². The maximum atomic E-state index is 12.2. The highest BCUT2D eigenvalue weighted by Gasteiger charge is 2.10. The third-order valence-corrected chi connectivity index (χ3v) is 3.90. The van der Waals surface area contributed by atoms with Gasteiger partial charge in [0.1, 0.15) is 0 Å². The molecule has 2 aromatic carbocycles. The van der Waals surface area contributed by atoms with Crippen LogP contribution in [0.25, 0.3) is 10.9 Å². The fourth-order valence-corrected chi connectivity index (χ4v) is 3.00. The number of carbonyl (C=O) groups is 1. The summed E-state index contributed by atoms with van der Waals surface area (Å²) in [6, 6.07) is 10.4. The Bertz CT molecular complexity index is 837. The van der Waals surface area contributed by atoms with E-state index >= 15 is 0 Å². The van der Waals surface area contributed by atoms with E-state index in [1.807, 2.05) is 18.3 Å². The quantitative estimate of drug-likeness (QED) is 0.658. The number of hydrogen-bond acceptors (Lipinski definition) is 1. The molecule has 3 aromatic rings. The molecule has 3 nitrogen and oxygen atoms in total. The molecule has 0 aliphatic heterocycles. The maximum absolute atomic E-state index is 12.2. The van der Waals surface area contributed by atoms with Crippen molar-refractivity contribution in [3.8, 4) is 0 Å². The van der Waals surface area contributed by atoms with Gasteiger partial charge in [-0.25, -0.2) is 0 Å². The van der Waals surface area contributed by atoms with E-state index in [0.717, 1.165) is 16.5 Å². The van der Waals surface area contributed by atoms with Crippen LogP contribution in [0.4, 0.5) is 5.69 Å². The van der Waals surface area contributed by atoms with Crippen molar-refractivity contribution in [1.82, 2.24) is 4.98 Å². The van der Waals surface area contributed by atoms with Crippen LogP contribution in [0.3, 0.4) is 0 Å². The van der Waals surface area contributed by atoms with Crippen molar-refractivity contribution in [3.63, 3.8) is 0 Å². The lowest BCUT2D eigenvalue weighted by Gasteiger charge is -2.06. The van der Waals surface area contributed by atoms with Crippen LogP contribution in [0.1, 0.15) is 5.56 Å². The Morgan fingerprint density at radius 3 is 2.45 bits per heavy atom. The maximum Gasteiger partial charge on any atom is 0.228 e. The predicted molar refractivity (Wildman–Crippen MR) is 92.1 cm³/mol. The molecule has 3 rings (SSSR count). The minimum atomic E-state index is -0.154. The fraction of sp³-hybridized carbons (Fsp3) is 0.0625. The molecular formula is C16H11Cl3N2O. The average molecular weight is 354 g/mol. The smallest absolute Gasteiger partial charge is 0.228 e. The first kappa shape index (κ1) is 15.2. The first-order chi connectivity index (χ1) is 10.5. The van der Waals surface area contributed by atoms with Gasteiger partial charge in [-0.2, -0.15) is 0 Å². The number of amides is 1. The van der Waals surface area contributed by atoms with E-state index < -0.39 is 0 Å². The van der Waals surface area contributed by atoms with E-state index in [0.29, 0.717) is 20.8 Å². The summed E-state index contributed by atoms with van der Waals surface area (Å²) < 4.78 is 0. The summed E-state index contributed by atoms with van der Waals surface area (Å²) in [6.45, 7) is 0. The number of benzene rings is 2. The topological polar surface area (TPSA) is 44.9 Å². The number of hydrogen-bond donors (Lipinski definition) is 2. The molecule has 1 aromatic heterocycles. The number of anilines is 1. The number of aromatic nitrogens is 1. The molecule has 6 heteroatoms. The number of rotatable bonds is 3. The Balaban J connectivity index is 1.79. The molecule has 0 fully saturated rings. The standard InChI is InChI=1S/C16H11Cl3N2O/c17-10-1-2-15-14(7-10)9(8-20-15)3-16(22)21-13-5-11(18)4-12(19)6-13/h1-2,4-8,20H,3H2,(H,21,22). The van der Waals surface area contributed by atoms with Crippen molar-refractivity contribution in [3.05, 3.63) is 63.2 Å². The fourth-order valence-electron chi connectivity index (χ4n) is 2.30. The number of carbonyl (C=O) groups excluding carboxylic acids is 1. The second-order valence-electron chi connectivity index (χ2n) is 4.89. The first-order valence-corrected chi connectivity index (χ1v) is 7.66. The van der Waals surface area contributed by atoms with Crippen LogP contribution >= 0.6 is 34.8 Å². The van der Waals surface area contributed by atoms with Crippen LogP contribution in [-0.4, -0.2) is 10.9 Å². The van der Waals surface area contributed by atoms with Crippen LogP contribution in [0, 0.1) is 0 Å². The molecule has 0 radical (unpaired) electrons. The van der Waals surface area contributed by atoms with Crippen molar-refractivity contribution in [2.75, 3.05) is 5.32 Å².